The van der Waals surface area contributed by atoms with Crippen molar-refractivity contribution < 1.29 is 38.1 Å². The molecular formula is C32H42N2O8. The molecular weight excluding hydrogens is 540 g/mol. The van der Waals surface area contributed by atoms with Crippen LogP contribution >= 0.6 is 0 Å². The van der Waals surface area contributed by atoms with Crippen LogP contribution in [0, 0.1) is 5.92 Å². The zero-order valence-corrected chi connectivity index (χ0v) is 25.2. The van der Waals surface area contributed by atoms with Gasteiger partial charge in [-0.25, -0.2) is 0 Å². The van der Waals surface area contributed by atoms with E-state index in [1.54, 1.807) is 0 Å². The number of nitrogens with zero attached hydrogens (tertiary/aromatic N) is 1. The Morgan fingerprint density at radius 1 is 1.07 bits per heavy atom. The van der Waals surface area contributed by atoms with Gasteiger partial charge in [0.1, 0.15) is 11.7 Å². The number of amides is 1. The summed E-state index contributed by atoms with van der Waals surface area (Å²) in [5, 5.41) is 2.92. The molecule has 1 fully saturated rings. The predicted octanol–water partition coefficient (Wildman–Crippen LogP) is 3.38. The lowest BCUT2D eigenvalue weighted by molar-refractivity contribution is -0.155. The van der Waals surface area contributed by atoms with Crippen LogP contribution in [0.4, 0.5) is 0 Å². The lowest BCUT2D eigenvalue weighted by Gasteiger charge is -2.57. The van der Waals surface area contributed by atoms with Crippen molar-refractivity contribution in [3.05, 3.63) is 35.4 Å². The molecule has 2 heterocycles. The molecule has 1 amide bonds. The number of unbranched alkanes of at least 4 members (excludes halogenated alkanes) is 1. The van der Waals surface area contributed by atoms with Crippen molar-refractivity contribution in [1.82, 2.24) is 10.2 Å². The van der Waals surface area contributed by atoms with Crippen molar-refractivity contribution in [2.24, 2.45) is 5.92 Å². The molecule has 1 N–H and O–H groups in total. The summed E-state index contributed by atoms with van der Waals surface area (Å²) >= 11 is 0. The van der Waals surface area contributed by atoms with Gasteiger partial charge in [-0.05, 0) is 77.2 Å². The Morgan fingerprint density at radius 2 is 1.86 bits per heavy atom. The smallest absolute Gasteiger partial charge is 0.308 e. The number of rotatable bonds is 10. The molecule has 5 atom stereocenters. The summed E-state index contributed by atoms with van der Waals surface area (Å²) in [6, 6.07) is 4.10. The van der Waals surface area contributed by atoms with Crippen molar-refractivity contribution in [2.75, 3.05) is 19.6 Å². The van der Waals surface area contributed by atoms with Crippen LogP contribution < -0.4 is 14.8 Å². The lowest BCUT2D eigenvalue weighted by atomic mass is 9.53. The van der Waals surface area contributed by atoms with Crippen LogP contribution in [0.15, 0.2) is 24.3 Å². The zero-order valence-electron chi connectivity index (χ0n) is 25.2. The number of carbonyl (C=O) groups is 4. The third-order valence-electron chi connectivity index (χ3n) is 8.68. The second kappa shape index (κ2) is 11.7. The van der Waals surface area contributed by atoms with E-state index in [4.69, 9.17) is 18.9 Å². The molecule has 2 aliphatic heterocycles. The molecule has 1 unspecified atom stereocenters. The highest BCUT2D eigenvalue weighted by Crippen LogP contribution is 2.63. The SMILES string of the molecule is CC(=O)Oc1ccc2c3c1O[C@H]1[C@@H](OC(C)=O)C=C[C@H]4C(C2)N(CCCCNC(=O)CCC(=O)OC(C)(C)C)CC[C@@]341. The van der Waals surface area contributed by atoms with Gasteiger partial charge in [0.05, 0.1) is 6.42 Å². The molecule has 4 aliphatic rings. The first-order chi connectivity index (χ1) is 19.9. The Hall–Kier alpha value is -3.40. The van der Waals surface area contributed by atoms with E-state index in [2.05, 4.69) is 16.3 Å². The molecule has 42 heavy (non-hydrogen) atoms. The molecule has 2 bridgehead atoms. The van der Waals surface area contributed by atoms with Gasteiger partial charge < -0.3 is 24.3 Å². The molecule has 0 aromatic heterocycles. The maximum Gasteiger partial charge on any atom is 0.308 e. The quantitative estimate of drug-likeness (QED) is 0.192. The minimum Gasteiger partial charge on any atom is -0.481 e. The maximum absolute atomic E-state index is 12.2. The van der Waals surface area contributed by atoms with Crippen LogP contribution in [0.25, 0.3) is 0 Å². The van der Waals surface area contributed by atoms with Crippen LogP contribution in [-0.4, -0.2) is 72.2 Å². The van der Waals surface area contributed by atoms with E-state index in [0.717, 1.165) is 44.3 Å². The number of benzene rings is 1. The topological polar surface area (TPSA) is 120 Å². The number of likely N-dealkylation sites (tertiary alicyclic amines) is 1. The van der Waals surface area contributed by atoms with Crippen LogP contribution in [0.5, 0.6) is 11.5 Å². The largest absolute Gasteiger partial charge is 0.481 e. The monoisotopic (exact) mass is 582 g/mol. The normalized spacial score (nSPS) is 27.0. The second-order valence-corrected chi connectivity index (χ2v) is 12.8. The summed E-state index contributed by atoms with van der Waals surface area (Å²) in [4.78, 5) is 50.4. The summed E-state index contributed by atoms with van der Waals surface area (Å²) in [6.45, 7) is 10.5. The first-order valence-corrected chi connectivity index (χ1v) is 15.0. The molecule has 1 aromatic rings. The molecule has 228 valence electrons. The minimum atomic E-state index is -0.555. The van der Waals surface area contributed by atoms with Crippen LogP contribution in [0.3, 0.4) is 0 Å². The number of ether oxygens (including phenoxy) is 4. The van der Waals surface area contributed by atoms with E-state index in [-0.39, 0.29) is 54.2 Å². The summed E-state index contributed by atoms with van der Waals surface area (Å²) in [5.41, 5.74) is 1.36. The van der Waals surface area contributed by atoms with Crippen molar-refractivity contribution in [1.29, 1.82) is 0 Å². The molecule has 0 saturated carbocycles. The predicted molar refractivity (Wildman–Crippen MR) is 153 cm³/mol. The van der Waals surface area contributed by atoms with Gasteiger partial charge in [-0.1, -0.05) is 12.1 Å². The van der Waals surface area contributed by atoms with Crippen LogP contribution in [0.2, 0.25) is 0 Å². The van der Waals surface area contributed by atoms with Crippen LogP contribution in [0.1, 0.15) is 77.8 Å². The summed E-state index contributed by atoms with van der Waals surface area (Å²) in [6.07, 6.45) is 6.87. The van der Waals surface area contributed by atoms with E-state index in [1.807, 2.05) is 39.0 Å². The van der Waals surface area contributed by atoms with E-state index in [0.29, 0.717) is 18.0 Å². The number of esters is 3. The summed E-state index contributed by atoms with van der Waals surface area (Å²) < 4.78 is 23.1. The first kappa shape index (κ1) is 30.1. The van der Waals surface area contributed by atoms with Gasteiger partial charge >= 0.3 is 17.9 Å². The van der Waals surface area contributed by atoms with Gasteiger partial charge in [0.25, 0.3) is 0 Å². The van der Waals surface area contributed by atoms with Gasteiger partial charge in [-0.2, -0.15) is 0 Å². The van der Waals surface area contributed by atoms with E-state index >= 15 is 0 Å². The summed E-state index contributed by atoms with van der Waals surface area (Å²) in [7, 11) is 0. The van der Waals surface area contributed by atoms with Gasteiger partial charge in [-0.3, -0.25) is 24.1 Å². The molecule has 10 heteroatoms. The highest BCUT2D eigenvalue weighted by atomic mass is 16.6. The third kappa shape index (κ3) is 5.91. The molecule has 2 aliphatic carbocycles. The van der Waals surface area contributed by atoms with Crippen molar-refractivity contribution >= 4 is 23.8 Å². The van der Waals surface area contributed by atoms with E-state index < -0.39 is 17.7 Å². The Kier molecular flexibility index (Phi) is 8.38. The maximum atomic E-state index is 12.2. The highest BCUT2D eigenvalue weighted by Gasteiger charge is 2.65. The fourth-order valence-electron chi connectivity index (χ4n) is 7.27. The van der Waals surface area contributed by atoms with Crippen molar-refractivity contribution in [3.8, 4) is 11.5 Å². The standard InChI is InChI=1S/C32H42N2O8/c1-19(35)39-24-10-8-21-18-23-22-9-11-25(40-20(2)36)30-32(22,28(21)29(24)41-30)14-17-34(23)16-7-6-15-33-26(37)12-13-27(38)42-31(3,4)5/h8-11,22-23,25,30H,6-7,12-18H2,1-5H3,(H,33,37)/t22-,23?,25-,30-,32-/m0/s1. The van der Waals surface area contributed by atoms with Gasteiger partial charge in [0.15, 0.2) is 17.6 Å². The van der Waals surface area contributed by atoms with Gasteiger partial charge in [0.2, 0.25) is 5.91 Å². The third-order valence-corrected chi connectivity index (χ3v) is 8.68. The fourth-order valence-corrected chi connectivity index (χ4v) is 7.27. The Morgan fingerprint density at radius 3 is 2.57 bits per heavy atom. The zero-order chi connectivity index (χ0) is 30.2. The highest BCUT2D eigenvalue weighted by molar-refractivity contribution is 5.81. The fraction of sp³-hybridized carbons (Fsp3) is 0.625. The average molecular weight is 583 g/mol. The van der Waals surface area contributed by atoms with Crippen LogP contribution in [-0.2, 0) is 40.5 Å². The number of carbonyl (C=O) groups excluding carboxylic acids is 4. The number of nitrogens with one attached hydrogen (secondary N) is 1. The minimum absolute atomic E-state index is 0.0732. The number of piperidine rings is 1. The van der Waals surface area contributed by atoms with E-state index in [1.165, 1.54) is 19.4 Å². The first-order valence-electron chi connectivity index (χ1n) is 15.0. The van der Waals surface area contributed by atoms with E-state index in [9.17, 15) is 19.2 Å². The molecule has 1 saturated heterocycles. The summed E-state index contributed by atoms with van der Waals surface area (Å²) in [5.74, 6) is -0.0906. The molecule has 1 aromatic carbocycles. The number of hydrogen-bond acceptors (Lipinski definition) is 9. The Bertz CT molecular complexity index is 1280. The Labute approximate surface area is 247 Å². The van der Waals surface area contributed by atoms with Crippen molar-refractivity contribution in [3.63, 3.8) is 0 Å². The van der Waals surface area contributed by atoms with Crippen molar-refractivity contribution in [2.45, 2.75) is 102 Å². The molecule has 10 nitrogen and oxygen atoms in total. The second-order valence-electron chi connectivity index (χ2n) is 12.8. The molecule has 5 rings (SSSR count). The lowest BCUT2D eigenvalue weighted by Crippen LogP contribution is -2.65. The molecule has 0 radical (unpaired) electrons. The Balaban J connectivity index is 1.23. The van der Waals surface area contributed by atoms with Gasteiger partial charge in [-0.15, -0.1) is 0 Å². The average Bonchev–Trinajstić information content (AvgIpc) is 3.24. The number of hydrogen-bond donors (Lipinski definition) is 1. The molecule has 1 spiro atoms. The van der Waals surface area contributed by atoms with Gasteiger partial charge in [0, 0.05) is 49.8 Å².